The molecule has 2 aromatic heterocycles. The van der Waals surface area contributed by atoms with Crippen molar-refractivity contribution in [2.45, 2.75) is 26.7 Å². The number of carbonyl (C=O) groups excluding carboxylic acids is 1. The minimum absolute atomic E-state index is 0.239. The van der Waals surface area contributed by atoms with Gasteiger partial charge in [0.25, 0.3) is 0 Å². The third kappa shape index (κ3) is 2.01. The monoisotopic (exact) mass is 248 g/mol. The van der Waals surface area contributed by atoms with E-state index in [1.54, 1.807) is 6.92 Å². The molecule has 2 heterocycles. The second kappa shape index (κ2) is 4.64. The Bertz CT molecular complexity index is 589. The molecule has 0 spiro atoms. The number of ether oxygens (including phenoxy) is 1. The first-order chi connectivity index (χ1) is 8.54. The zero-order valence-electron chi connectivity index (χ0n) is 10.7. The van der Waals surface area contributed by atoms with Crippen LogP contribution in [0.15, 0.2) is 12.3 Å². The Labute approximate surface area is 105 Å². The van der Waals surface area contributed by atoms with E-state index < -0.39 is 5.97 Å². The summed E-state index contributed by atoms with van der Waals surface area (Å²) >= 11 is 0. The van der Waals surface area contributed by atoms with Gasteiger partial charge in [-0.05, 0) is 12.8 Å². The molecule has 0 aliphatic rings. The molecule has 0 saturated carbocycles. The van der Waals surface area contributed by atoms with Crippen molar-refractivity contribution in [2.24, 2.45) is 0 Å². The topological polar surface area (TPSA) is 82.5 Å². The molecule has 0 amide bonds. The van der Waals surface area contributed by atoms with Crippen molar-refractivity contribution in [3.8, 4) is 0 Å². The summed E-state index contributed by atoms with van der Waals surface area (Å²) in [5.74, 6) is 0.0495. The van der Waals surface area contributed by atoms with Gasteiger partial charge in [-0.15, -0.1) is 0 Å². The van der Waals surface area contributed by atoms with Crippen LogP contribution in [0.5, 0.6) is 0 Å². The van der Waals surface area contributed by atoms with E-state index in [1.807, 2.05) is 19.9 Å². The number of nitrogens with two attached hydrogens (primary N) is 1. The van der Waals surface area contributed by atoms with Gasteiger partial charge in [0, 0.05) is 12.3 Å². The van der Waals surface area contributed by atoms with Crippen molar-refractivity contribution in [1.29, 1.82) is 0 Å². The third-order valence-electron chi connectivity index (χ3n) is 2.63. The van der Waals surface area contributed by atoms with Crippen LogP contribution in [0.1, 0.15) is 42.7 Å². The predicted octanol–water partition coefficient (Wildman–Crippen LogP) is 1.61. The molecular weight excluding hydrogens is 232 g/mol. The summed E-state index contributed by atoms with van der Waals surface area (Å²) in [5, 5.41) is 4.34. The first kappa shape index (κ1) is 12.3. The van der Waals surface area contributed by atoms with Gasteiger partial charge in [0.1, 0.15) is 11.4 Å². The number of esters is 1. The first-order valence-electron chi connectivity index (χ1n) is 5.85. The van der Waals surface area contributed by atoms with Crippen molar-refractivity contribution >= 4 is 17.4 Å². The van der Waals surface area contributed by atoms with Crippen LogP contribution in [0.4, 0.5) is 5.82 Å². The molecule has 6 heteroatoms. The van der Waals surface area contributed by atoms with Crippen LogP contribution in [0.25, 0.3) is 5.65 Å². The van der Waals surface area contributed by atoms with Gasteiger partial charge in [-0.2, -0.15) is 9.61 Å². The molecule has 6 nitrogen and oxygen atoms in total. The van der Waals surface area contributed by atoms with Crippen molar-refractivity contribution in [3.63, 3.8) is 0 Å². The molecule has 18 heavy (non-hydrogen) atoms. The minimum Gasteiger partial charge on any atom is -0.462 e. The Morgan fingerprint density at radius 3 is 2.89 bits per heavy atom. The molecular formula is C12H16N4O2. The Balaban J connectivity index is 2.53. The smallest absolute Gasteiger partial charge is 0.343 e. The average molecular weight is 248 g/mol. The van der Waals surface area contributed by atoms with Crippen LogP contribution in [0, 0.1) is 0 Å². The molecule has 2 rings (SSSR count). The summed E-state index contributed by atoms with van der Waals surface area (Å²) in [5.41, 5.74) is 7.68. The normalized spacial score (nSPS) is 11.1. The van der Waals surface area contributed by atoms with Crippen LogP contribution in [0.3, 0.4) is 0 Å². The van der Waals surface area contributed by atoms with Crippen molar-refractivity contribution in [3.05, 3.63) is 23.5 Å². The molecule has 0 aromatic carbocycles. The SMILES string of the molecule is CCOC(=O)c1cnc2cc(C(C)C)nn2c1N. The Hall–Kier alpha value is -2.11. The first-order valence-corrected chi connectivity index (χ1v) is 5.85. The highest BCUT2D eigenvalue weighted by atomic mass is 16.5. The fourth-order valence-electron chi connectivity index (χ4n) is 1.62. The number of nitrogens with zero attached hydrogens (tertiary/aromatic N) is 3. The molecule has 0 bridgehead atoms. The maximum Gasteiger partial charge on any atom is 0.343 e. The number of carbonyl (C=O) groups is 1. The second-order valence-corrected chi connectivity index (χ2v) is 4.27. The van der Waals surface area contributed by atoms with Gasteiger partial charge in [0.2, 0.25) is 0 Å². The molecule has 2 N–H and O–H groups in total. The van der Waals surface area contributed by atoms with E-state index in [-0.39, 0.29) is 17.3 Å². The fraction of sp³-hybridized carbons (Fsp3) is 0.417. The third-order valence-corrected chi connectivity index (χ3v) is 2.63. The van der Waals surface area contributed by atoms with Gasteiger partial charge < -0.3 is 10.5 Å². The Morgan fingerprint density at radius 2 is 2.28 bits per heavy atom. The number of fused-ring (bicyclic) bond motifs is 1. The molecule has 0 radical (unpaired) electrons. The van der Waals surface area contributed by atoms with Crippen molar-refractivity contribution in [1.82, 2.24) is 14.6 Å². The predicted molar refractivity (Wildman–Crippen MR) is 67.4 cm³/mol. The van der Waals surface area contributed by atoms with Gasteiger partial charge >= 0.3 is 5.97 Å². The number of anilines is 1. The van der Waals surface area contributed by atoms with Gasteiger partial charge in [-0.25, -0.2) is 9.78 Å². The lowest BCUT2D eigenvalue weighted by molar-refractivity contribution is 0.0526. The standard InChI is InChI=1S/C12H16N4O2/c1-4-18-12(17)8-6-14-10-5-9(7(2)3)15-16(10)11(8)13/h5-7H,4,13H2,1-3H3. The number of hydrogen-bond acceptors (Lipinski definition) is 5. The molecule has 0 unspecified atom stereocenters. The summed E-state index contributed by atoms with van der Waals surface area (Å²) in [6.45, 7) is 6.10. The van der Waals surface area contributed by atoms with E-state index in [2.05, 4.69) is 10.1 Å². The van der Waals surface area contributed by atoms with Gasteiger partial charge in [-0.3, -0.25) is 0 Å². The maximum absolute atomic E-state index is 11.7. The number of hydrogen-bond donors (Lipinski definition) is 1. The zero-order chi connectivity index (χ0) is 13.3. The summed E-state index contributed by atoms with van der Waals surface area (Å²) in [6, 6.07) is 1.86. The highest BCUT2D eigenvalue weighted by molar-refractivity contribution is 5.94. The van der Waals surface area contributed by atoms with E-state index in [4.69, 9.17) is 10.5 Å². The summed E-state index contributed by atoms with van der Waals surface area (Å²) in [4.78, 5) is 15.8. The van der Waals surface area contributed by atoms with Crippen LogP contribution in [-0.4, -0.2) is 27.2 Å². The zero-order valence-corrected chi connectivity index (χ0v) is 10.7. The van der Waals surface area contributed by atoms with E-state index in [9.17, 15) is 4.79 Å². The van der Waals surface area contributed by atoms with Crippen LogP contribution in [-0.2, 0) is 4.74 Å². The molecule has 0 saturated heterocycles. The van der Waals surface area contributed by atoms with E-state index in [0.717, 1.165) is 5.69 Å². The van der Waals surface area contributed by atoms with Crippen LogP contribution in [0.2, 0.25) is 0 Å². The minimum atomic E-state index is -0.481. The molecule has 0 aliphatic carbocycles. The van der Waals surface area contributed by atoms with Gasteiger partial charge in [0.05, 0.1) is 12.3 Å². The highest BCUT2D eigenvalue weighted by Gasteiger charge is 2.16. The number of aromatic nitrogens is 3. The van der Waals surface area contributed by atoms with E-state index in [1.165, 1.54) is 10.7 Å². The molecule has 0 aliphatic heterocycles. The van der Waals surface area contributed by atoms with Gasteiger partial charge in [-0.1, -0.05) is 13.8 Å². The Morgan fingerprint density at radius 1 is 1.56 bits per heavy atom. The summed E-state index contributed by atoms with van der Waals surface area (Å²) in [6.07, 6.45) is 1.43. The van der Waals surface area contributed by atoms with Crippen molar-refractivity contribution < 1.29 is 9.53 Å². The number of rotatable bonds is 3. The molecule has 96 valence electrons. The quantitative estimate of drug-likeness (QED) is 0.834. The highest BCUT2D eigenvalue weighted by Crippen LogP contribution is 2.18. The molecule has 0 fully saturated rings. The lowest BCUT2D eigenvalue weighted by Crippen LogP contribution is -2.12. The van der Waals surface area contributed by atoms with E-state index >= 15 is 0 Å². The lowest BCUT2D eigenvalue weighted by Gasteiger charge is -2.05. The molecule has 0 atom stereocenters. The van der Waals surface area contributed by atoms with Crippen LogP contribution >= 0.6 is 0 Å². The second-order valence-electron chi connectivity index (χ2n) is 4.27. The fourth-order valence-corrected chi connectivity index (χ4v) is 1.62. The Kier molecular flexibility index (Phi) is 3.18. The van der Waals surface area contributed by atoms with Crippen LogP contribution < -0.4 is 5.73 Å². The molecule has 2 aromatic rings. The lowest BCUT2D eigenvalue weighted by atomic mass is 10.1. The summed E-state index contributed by atoms with van der Waals surface area (Å²) < 4.78 is 6.39. The van der Waals surface area contributed by atoms with E-state index in [0.29, 0.717) is 12.3 Å². The summed E-state index contributed by atoms with van der Waals surface area (Å²) in [7, 11) is 0. The number of nitrogen functional groups attached to an aromatic ring is 1. The van der Waals surface area contributed by atoms with Gasteiger partial charge in [0.15, 0.2) is 5.65 Å². The van der Waals surface area contributed by atoms with Crippen molar-refractivity contribution in [2.75, 3.05) is 12.3 Å². The largest absolute Gasteiger partial charge is 0.462 e. The average Bonchev–Trinajstić information content (AvgIpc) is 2.74. The maximum atomic E-state index is 11.7.